The number of hydrogen-bond donors (Lipinski definition) is 0. The number of benzene rings is 2. The van der Waals surface area contributed by atoms with Gasteiger partial charge >= 0.3 is 0 Å². The zero-order valence-electron chi connectivity index (χ0n) is 24.2. The Bertz CT molecular complexity index is 2030. The lowest BCUT2D eigenvalue weighted by Crippen LogP contribution is -2.44. The lowest BCUT2D eigenvalue weighted by atomic mass is 9.95. The summed E-state index contributed by atoms with van der Waals surface area (Å²) in [5, 5.41) is 7.52. The zero-order chi connectivity index (χ0) is 30.9. The lowest BCUT2D eigenvalue weighted by molar-refractivity contribution is -0.129. The summed E-state index contributed by atoms with van der Waals surface area (Å²) in [5.41, 5.74) is 5.01. The maximum atomic E-state index is 15.8. The molecular formula is C33H27F2N5O3S. The van der Waals surface area contributed by atoms with E-state index in [1.54, 1.807) is 16.8 Å². The largest absolute Gasteiger partial charge is 0.496 e. The summed E-state index contributed by atoms with van der Waals surface area (Å²) in [4.78, 5) is 33.9. The normalized spacial score (nSPS) is 15.9. The van der Waals surface area contributed by atoms with Crippen LogP contribution in [0.2, 0.25) is 0 Å². The number of halogens is 2. The summed E-state index contributed by atoms with van der Waals surface area (Å²) >= 11 is 1.40. The first-order chi connectivity index (χ1) is 21.2. The van der Waals surface area contributed by atoms with Gasteiger partial charge in [-0.2, -0.15) is 5.10 Å². The second-order valence-corrected chi connectivity index (χ2v) is 12.0. The molecule has 7 rings (SSSR count). The predicted octanol–water partition coefficient (Wildman–Crippen LogP) is 6.28. The number of thiophene rings is 1. The van der Waals surface area contributed by atoms with Gasteiger partial charge in [0.2, 0.25) is 5.91 Å². The highest BCUT2D eigenvalue weighted by atomic mass is 32.1. The number of carbonyl (C=O) groups is 2. The summed E-state index contributed by atoms with van der Waals surface area (Å²) < 4.78 is 38.1. The predicted molar refractivity (Wildman–Crippen MR) is 164 cm³/mol. The van der Waals surface area contributed by atoms with Crippen LogP contribution in [0, 0.1) is 11.6 Å². The van der Waals surface area contributed by atoms with Crippen LogP contribution in [0.1, 0.15) is 28.5 Å². The monoisotopic (exact) mass is 611 g/mol. The molecule has 0 fully saturated rings. The van der Waals surface area contributed by atoms with Crippen LogP contribution in [0.5, 0.6) is 5.75 Å². The van der Waals surface area contributed by atoms with Crippen LogP contribution in [0.3, 0.4) is 0 Å². The van der Waals surface area contributed by atoms with Crippen molar-refractivity contribution < 1.29 is 23.1 Å². The van der Waals surface area contributed by atoms with Crippen molar-refractivity contribution >= 4 is 33.2 Å². The van der Waals surface area contributed by atoms with Gasteiger partial charge in [-0.15, -0.1) is 11.3 Å². The fourth-order valence-electron chi connectivity index (χ4n) is 6.16. The number of aromatic nitrogens is 3. The molecule has 1 atom stereocenters. The Morgan fingerprint density at radius 3 is 2.70 bits per heavy atom. The SMILES string of the molecule is C=CC(=O)N1Cc2cc(-c3nc(-c4ccc5c(c4)C(=O)N(C)C5)c4ccsc4c3-c3c(F)cc(F)cc3OC)nn2CC1C. The Hall–Kier alpha value is -4.90. The minimum atomic E-state index is -0.793. The van der Waals surface area contributed by atoms with Crippen molar-refractivity contribution in [1.29, 1.82) is 0 Å². The van der Waals surface area contributed by atoms with E-state index in [4.69, 9.17) is 14.8 Å². The maximum Gasteiger partial charge on any atom is 0.254 e. The van der Waals surface area contributed by atoms with Crippen molar-refractivity contribution in [2.24, 2.45) is 0 Å². The third-order valence-electron chi connectivity index (χ3n) is 8.33. The zero-order valence-corrected chi connectivity index (χ0v) is 25.0. The lowest BCUT2D eigenvalue weighted by Gasteiger charge is -2.33. The summed E-state index contributed by atoms with van der Waals surface area (Å²) in [7, 11) is 3.13. The second-order valence-electron chi connectivity index (χ2n) is 11.1. The topological polar surface area (TPSA) is 80.6 Å². The summed E-state index contributed by atoms with van der Waals surface area (Å²) in [6.07, 6.45) is 1.29. The van der Waals surface area contributed by atoms with Crippen molar-refractivity contribution in [3.05, 3.63) is 89.0 Å². The molecule has 44 heavy (non-hydrogen) atoms. The van der Waals surface area contributed by atoms with Gasteiger partial charge in [0, 0.05) is 58.5 Å². The van der Waals surface area contributed by atoms with E-state index in [-0.39, 0.29) is 29.2 Å². The average Bonchev–Trinajstić information content (AvgIpc) is 3.73. The molecule has 2 aliphatic heterocycles. The van der Waals surface area contributed by atoms with Gasteiger partial charge in [-0.1, -0.05) is 18.7 Å². The van der Waals surface area contributed by atoms with Gasteiger partial charge in [0.05, 0.1) is 37.2 Å². The minimum Gasteiger partial charge on any atom is -0.496 e. The number of nitrogens with zero attached hydrogens (tertiary/aromatic N) is 5. The Morgan fingerprint density at radius 1 is 1.11 bits per heavy atom. The smallest absolute Gasteiger partial charge is 0.254 e. The number of amides is 2. The van der Waals surface area contributed by atoms with Gasteiger partial charge < -0.3 is 14.5 Å². The fraction of sp³-hybridized carbons (Fsp3) is 0.212. The standard InChI is InChI=1S/C33H27F2N5O3S/c1-5-27(41)39-16-21-13-25(37-40(21)14-17(39)2)31-29(28-24(35)11-20(34)12-26(28)43-4)32-22(8-9-44-32)30(36-31)18-6-7-19-15-38(3)33(42)23(19)10-18/h5-13,17H,1,14-16H2,2-4H3. The molecule has 2 amide bonds. The second kappa shape index (κ2) is 10.4. The number of pyridine rings is 1. The molecule has 5 aromatic rings. The number of rotatable bonds is 5. The summed E-state index contributed by atoms with van der Waals surface area (Å²) in [5.74, 6) is -1.77. The summed E-state index contributed by atoms with van der Waals surface area (Å²) in [6, 6.07) is 11.3. The van der Waals surface area contributed by atoms with Crippen LogP contribution in [0.4, 0.5) is 8.78 Å². The number of methoxy groups -OCH3 is 1. The van der Waals surface area contributed by atoms with E-state index in [9.17, 15) is 14.0 Å². The van der Waals surface area contributed by atoms with Crippen LogP contribution >= 0.6 is 11.3 Å². The van der Waals surface area contributed by atoms with E-state index in [0.29, 0.717) is 52.5 Å². The van der Waals surface area contributed by atoms with Crippen molar-refractivity contribution in [2.45, 2.75) is 32.6 Å². The number of carbonyl (C=O) groups excluding carboxylic acids is 2. The van der Waals surface area contributed by atoms with E-state index in [1.807, 2.05) is 47.3 Å². The van der Waals surface area contributed by atoms with E-state index >= 15 is 4.39 Å². The van der Waals surface area contributed by atoms with E-state index in [2.05, 4.69) is 6.58 Å². The molecule has 11 heteroatoms. The van der Waals surface area contributed by atoms with Crippen LogP contribution in [0.15, 0.2) is 60.5 Å². The molecule has 3 aromatic heterocycles. The van der Waals surface area contributed by atoms with E-state index in [1.165, 1.54) is 24.5 Å². The quantitative estimate of drug-likeness (QED) is 0.219. The third-order valence-corrected chi connectivity index (χ3v) is 9.26. The molecule has 0 saturated carbocycles. The molecule has 0 bridgehead atoms. The van der Waals surface area contributed by atoms with Crippen LogP contribution < -0.4 is 4.74 Å². The number of ether oxygens (including phenoxy) is 1. The molecule has 0 radical (unpaired) electrons. The van der Waals surface area contributed by atoms with Crippen molar-refractivity contribution in [3.8, 4) is 39.5 Å². The van der Waals surface area contributed by atoms with Gasteiger partial charge in [0.25, 0.3) is 5.91 Å². The van der Waals surface area contributed by atoms with Crippen molar-refractivity contribution in [1.82, 2.24) is 24.6 Å². The fourth-order valence-corrected chi connectivity index (χ4v) is 7.11. The van der Waals surface area contributed by atoms with Crippen LogP contribution in [-0.4, -0.2) is 56.6 Å². The first kappa shape index (κ1) is 27.9. The van der Waals surface area contributed by atoms with Crippen molar-refractivity contribution in [2.75, 3.05) is 14.2 Å². The first-order valence-electron chi connectivity index (χ1n) is 14.0. The molecular weight excluding hydrogens is 584 g/mol. The highest BCUT2D eigenvalue weighted by Crippen LogP contribution is 2.47. The molecule has 0 saturated heterocycles. The van der Waals surface area contributed by atoms with Gasteiger partial charge in [0.1, 0.15) is 28.8 Å². The molecule has 0 aliphatic carbocycles. The van der Waals surface area contributed by atoms with Gasteiger partial charge in [-0.3, -0.25) is 14.3 Å². The summed E-state index contributed by atoms with van der Waals surface area (Å²) in [6.45, 7) is 6.87. The first-order valence-corrected chi connectivity index (χ1v) is 14.9. The molecule has 1 unspecified atom stereocenters. The molecule has 2 aliphatic rings. The van der Waals surface area contributed by atoms with E-state index in [0.717, 1.165) is 34.3 Å². The highest BCUT2D eigenvalue weighted by molar-refractivity contribution is 7.18. The molecule has 0 N–H and O–H groups in total. The van der Waals surface area contributed by atoms with Gasteiger partial charge in [0.15, 0.2) is 0 Å². The number of hydrogen-bond acceptors (Lipinski definition) is 6. The maximum absolute atomic E-state index is 15.8. The Labute approximate surface area is 255 Å². The molecule has 8 nitrogen and oxygen atoms in total. The van der Waals surface area contributed by atoms with Crippen molar-refractivity contribution in [3.63, 3.8) is 0 Å². The molecule has 2 aromatic carbocycles. The van der Waals surface area contributed by atoms with E-state index < -0.39 is 11.6 Å². The van der Waals surface area contributed by atoms with Gasteiger partial charge in [-0.25, -0.2) is 13.8 Å². The molecule has 5 heterocycles. The number of fused-ring (bicyclic) bond motifs is 3. The molecule has 0 spiro atoms. The van der Waals surface area contributed by atoms with Gasteiger partial charge in [-0.05, 0) is 42.1 Å². The highest BCUT2D eigenvalue weighted by Gasteiger charge is 2.31. The minimum absolute atomic E-state index is 0.0273. The molecule has 222 valence electrons. The Balaban J connectivity index is 1.50. The average molecular weight is 612 g/mol. The Morgan fingerprint density at radius 2 is 1.93 bits per heavy atom. The Kier molecular flexibility index (Phi) is 6.58. The van der Waals surface area contributed by atoms with Crippen LogP contribution in [0.25, 0.3) is 43.9 Å². The third kappa shape index (κ3) is 4.29. The van der Waals surface area contributed by atoms with Crippen LogP contribution in [-0.2, 0) is 24.4 Å².